The highest BCUT2D eigenvalue weighted by Gasteiger charge is 2.12. The minimum absolute atomic E-state index is 0.815. The maximum absolute atomic E-state index is 5.41. The summed E-state index contributed by atoms with van der Waals surface area (Å²) in [6.07, 6.45) is 5.50. The van der Waals surface area contributed by atoms with E-state index in [1.807, 2.05) is 17.7 Å². The highest BCUT2D eigenvalue weighted by molar-refractivity contribution is 5.86. The molecule has 2 aromatic carbocycles. The van der Waals surface area contributed by atoms with Crippen LogP contribution >= 0.6 is 0 Å². The van der Waals surface area contributed by atoms with Crippen LogP contribution in [0.3, 0.4) is 0 Å². The molecule has 24 heavy (non-hydrogen) atoms. The Kier molecular flexibility index (Phi) is 3.34. The van der Waals surface area contributed by atoms with E-state index in [1.165, 1.54) is 5.56 Å². The summed E-state index contributed by atoms with van der Waals surface area (Å²) >= 11 is 0. The van der Waals surface area contributed by atoms with Crippen molar-refractivity contribution in [2.24, 2.45) is 0 Å². The number of nitrogens with zero attached hydrogens (tertiary/aromatic N) is 4. The lowest BCUT2D eigenvalue weighted by Crippen LogP contribution is -2.10. The van der Waals surface area contributed by atoms with E-state index in [2.05, 4.69) is 65.4 Å². The van der Waals surface area contributed by atoms with Crippen molar-refractivity contribution in [1.82, 2.24) is 14.7 Å². The number of imidazole rings is 1. The van der Waals surface area contributed by atoms with Crippen LogP contribution in [0.2, 0.25) is 0 Å². The molecule has 0 unspecified atom stereocenters. The topological polar surface area (TPSA) is 47.1 Å². The lowest BCUT2D eigenvalue weighted by Gasteiger charge is -2.22. The fourth-order valence-corrected chi connectivity index (χ4v) is 2.96. The predicted octanol–water partition coefficient (Wildman–Crippen LogP) is 4.40. The first kappa shape index (κ1) is 14.5. The van der Waals surface area contributed by atoms with Gasteiger partial charge in [-0.05, 0) is 49.7 Å². The summed E-state index contributed by atoms with van der Waals surface area (Å²) in [5, 5.41) is 5.12. The number of hydrogen-bond acceptors (Lipinski definition) is 4. The van der Waals surface area contributed by atoms with Gasteiger partial charge in [-0.3, -0.25) is 0 Å². The zero-order valence-electron chi connectivity index (χ0n) is 13.9. The standard InChI is InChI=1S/C19H18N4O/c1-13-10-17-14(2)21-24-19(17)11-18(13)22(3)15-4-6-16(7-5-15)23-9-8-20-12-23/h4-12H,1-3H3. The minimum atomic E-state index is 0.815. The number of aryl methyl sites for hydroxylation is 2. The van der Waals surface area contributed by atoms with Gasteiger partial charge in [0.2, 0.25) is 0 Å². The Bertz CT molecular complexity index is 984. The molecule has 0 fully saturated rings. The molecule has 0 aliphatic rings. The molecule has 0 amide bonds. The third-order valence-corrected chi connectivity index (χ3v) is 4.37. The fourth-order valence-electron chi connectivity index (χ4n) is 2.96. The first-order valence-corrected chi connectivity index (χ1v) is 7.82. The van der Waals surface area contributed by atoms with Gasteiger partial charge in [0.25, 0.3) is 0 Å². The zero-order chi connectivity index (χ0) is 16.7. The Morgan fingerprint density at radius 1 is 1.08 bits per heavy atom. The molecule has 2 aromatic heterocycles. The minimum Gasteiger partial charge on any atom is -0.356 e. The molecule has 0 atom stereocenters. The molecule has 0 aliphatic carbocycles. The SMILES string of the molecule is Cc1cc2c(C)noc2cc1N(C)c1ccc(-n2ccnc2)cc1. The summed E-state index contributed by atoms with van der Waals surface area (Å²) in [6.45, 7) is 4.07. The van der Waals surface area contributed by atoms with Gasteiger partial charge in [-0.25, -0.2) is 4.98 Å². The highest BCUT2D eigenvalue weighted by Crippen LogP contribution is 2.32. The van der Waals surface area contributed by atoms with Crippen LogP contribution in [-0.4, -0.2) is 21.8 Å². The van der Waals surface area contributed by atoms with Gasteiger partial charge in [0, 0.05) is 48.0 Å². The number of fused-ring (bicyclic) bond motifs is 1. The second-order valence-electron chi connectivity index (χ2n) is 5.95. The van der Waals surface area contributed by atoms with E-state index in [-0.39, 0.29) is 0 Å². The molecule has 0 radical (unpaired) electrons. The van der Waals surface area contributed by atoms with Crippen LogP contribution in [0.1, 0.15) is 11.3 Å². The summed E-state index contributed by atoms with van der Waals surface area (Å²) in [6, 6.07) is 12.6. The van der Waals surface area contributed by atoms with E-state index < -0.39 is 0 Å². The number of aromatic nitrogens is 3. The van der Waals surface area contributed by atoms with Gasteiger partial charge < -0.3 is 14.0 Å². The number of hydrogen-bond donors (Lipinski definition) is 0. The third kappa shape index (κ3) is 2.34. The molecule has 120 valence electrons. The predicted molar refractivity (Wildman–Crippen MR) is 95.1 cm³/mol. The smallest absolute Gasteiger partial charge is 0.169 e. The van der Waals surface area contributed by atoms with Gasteiger partial charge in [-0.2, -0.15) is 0 Å². The molecular weight excluding hydrogens is 300 g/mol. The van der Waals surface area contributed by atoms with Crippen molar-refractivity contribution in [2.45, 2.75) is 13.8 Å². The van der Waals surface area contributed by atoms with E-state index >= 15 is 0 Å². The Morgan fingerprint density at radius 2 is 1.88 bits per heavy atom. The molecule has 2 heterocycles. The van der Waals surface area contributed by atoms with E-state index in [0.29, 0.717) is 0 Å². The number of benzene rings is 2. The molecule has 0 aliphatic heterocycles. The second kappa shape index (κ2) is 5.53. The van der Waals surface area contributed by atoms with Crippen molar-refractivity contribution in [3.63, 3.8) is 0 Å². The summed E-state index contributed by atoms with van der Waals surface area (Å²) in [5.41, 5.74) is 6.23. The quantitative estimate of drug-likeness (QED) is 0.562. The molecule has 0 spiro atoms. The lowest BCUT2D eigenvalue weighted by molar-refractivity contribution is 0.450. The molecule has 4 rings (SSSR count). The maximum atomic E-state index is 5.41. The van der Waals surface area contributed by atoms with Crippen LogP contribution in [0.15, 0.2) is 59.6 Å². The van der Waals surface area contributed by atoms with Crippen molar-refractivity contribution in [3.8, 4) is 5.69 Å². The summed E-state index contributed by atoms with van der Waals surface area (Å²) in [5.74, 6) is 0. The van der Waals surface area contributed by atoms with Gasteiger partial charge in [0.1, 0.15) is 0 Å². The van der Waals surface area contributed by atoms with Gasteiger partial charge >= 0.3 is 0 Å². The first-order valence-electron chi connectivity index (χ1n) is 7.82. The van der Waals surface area contributed by atoms with E-state index in [0.717, 1.165) is 33.7 Å². The summed E-state index contributed by atoms with van der Waals surface area (Å²) < 4.78 is 7.40. The van der Waals surface area contributed by atoms with E-state index in [9.17, 15) is 0 Å². The van der Waals surface area contributed by atoms with Crippen LogP contribution in [0.4, 0.5) is 11.4 Å². The lowest BCUT2D eigenvalue weighted by atomic mass is 10.1. The Morgan fingerprint density at radius 3 is 2.58 bits per heavy atom. The van der Waals surface area contributed by atoms with Crippen molar-refractivity contribution in [1.29, 1.82) is 0 Å². The average molecular weight is 318 g/mol. The Hall–Kier alpha value is -3.08. The molecule has 0 saturated heterocycles. The molecule has 5 nitrogen and oxygen atoms in total. The molecule has 5 heteroatoms. The van der Waals surface area contributed by atoms with E-state index in [1.54, 1.807) is 12.5 Å². The zero-order valence-corrected chi connectivity index (χ0v) is 13.9. The van der Waals surface area contributed by atoms with Crippen molar-refractivity contribution in [3.05, 3.63) is 66.4 Å². The first-order chi connectivity index (χ1) is 11.6. The molecule has 0 N–H and O–H groups in total. The van der Waals surface area contributed by atoms with Gasteiger partial charge in [0.05, 0.1) is 12.0 Å². The second-order valence-corrected chi connectivity index (χ2v) is 5.95. The van der Waals surface area contributed by atoms with Crippen molar-refractivity contribution in [2.75, 3.05) is 11.9 Å². The van der Waals surface area contributed by atoms with Gasteiger partial charge in [0.15, 0.2) is 5.58 Å². The van der Waals surface area contributed by atoms with Gasteiger partial charge in [-0.1, -0.05) is 5.16 Å². The van der Waals surface area contributed by atoms with Crippen LogP contribution in [0.25, 0.3) is 16.7 Å². The van der Waals surface area contributed by atoms with Crippen LogP contribution in [0, 0.1) is 13.8 Å². The van der Waals surface area contributed by atoms with Gasteiger partial charge in [-0.15, -0.1) is 0 Å². The van der Waals surface area contributed by atoms with E-state index in [4.69, 9.17) is 4.52 Å². The Labute approximate surface area is 140 Å². The van der Waals surface area contributed by atoms with Crippen molar-refractivity contribution >= 4 is 22.3 Å². The molecule has 0 saturated carbocycles. The molecule has 0 bridgehead atoms. The monoisotopic (exact) mass is 318 g/mol. The number of rotatable bonds is 3. The van der Waals surface area contributed by atoms with Crippen LogP contribution in [0.5, 0.6) is 0 Å². The van der Waals surface area contributed by atoms with Crippen LogP contribution in [-0.2, 0) is 0 Å². The number of anilines is 2. The third-order valence-electron chi connectivity index (χ3n) is 4.37. The van der Waals surface area contributed by atoms with Crippen LogP contribution < -0.4 is 4.90 Å². The normalized spacial score (nSPS) is 11.1. The maximum Gasteiger partial charge on any atom is 0.169 e. The van der Waals surface area contributed by atoms with Crippen molar-refractivity contribution < 1.29 is 4.52 Å². The highest BCUT2D eigenvalue weighted by atomic mass is 16.5. The largest absolute Gasteiger partial charge is 0.356 e. The summed E-state index contributed by atoms with van der Waals surface area (Å²) in [7, 11) is 2.06. The fraction of sp³-hybridized carbons (Fsp3) is 0.158. The average Bonchev–Trinajstić information content (AvgIpc) is 3.25. The summed E-state index contributed by atoms with van der Waals surface area (Å²) in [4.78, 5) is 6.24. The Balaban J connectivity index is 1.70. The molecular formula is C19H18N4O. The molecule has 4 aromatic rings.